The molecule has 0 spiro atoms. The third-order valence-corrected chi connectivity index (χ3v) is 4.60. The lowest BCUT2D eigenvalue weighted by Crippen LogP contribution is -2.59. The Morgan fingerprint density at radius 2 is 2.00 bits per heavy atom. The Hall–Kier alpha value is -0.120. The molecule has 100 valence electrons. The molecule has 2 fully saturated rings. The zero-order valence-electron chi connectivity index (χ0n) is 11.4. The molecular weight excluding hydrogens is 212 g/mol. The summed E-state index contributed by atoms with van der Waals surface area (Å²) in [7, 11) is 2.23. The normalized spacial score (nSPS) is 24.7. The van der Waals surface area contributed by atoms with E-state index in [1.165, 1.54) is 32.1 Å². The lowest BCUT2D eigenvalue weighted by Gasteiger charge is -2.42. The predicted molar refractivity (Wildman–Crippen MR) is 71.1 cm³/mol. The highest BCUT2D eigenvalue weighted by molar-refractivity contribution is 5.03. The first-order valence-corrected chi connectivity index (χ1v) is 7.28. The highest BCUT2D eigenvalue weighted by Crippen LogP contribution is 2.40. The molecule has 17 heavy (non-hydrogen) atoms. The van der Waals surface area contributed by atoms with Crippen molar-refractivity contribution in [3.05, 3.63) is 0 Å². The molecule has 3 heteroatoms. The fraction of sp³-hybridized carbons (Fsp3) is 1.00. The van der Waals surface area contributed by atoms with E-state index in [0.717, 1.165) is 25.6 Å². The van der Waals surface area contributed by atoms with Gasteiger partial charge < -0.3 is 15.3 Å². The van der Waals surface area contributed by atoms with Gasteiger partial charge in [0.15, 0.2) is 0 Å². The number of aliphatic hydroxyl groups excluding tert-OH is 1. The van der Waals surface area contributed by atoms with Crippen LogP contribution in [-0.2, 0) is 0 Å². The molecule has 0 aromatic carbocycles. The molecule has 1 unspecified atom stereocenters. The van der Waals surface area contributed by atoms with Gasteiger partial charge in [-0.1, -0.05) is 13.3 Å². The van der Waals surface area contributed by atoms with E-state index in [2.05, 4.69) is 24.2 Å². The first-order valence-electron chi connectivity index (χ1n) is 7.28. The summed E-state index contributed by atoms with van der Waals surface area (Å²) in [5.74, 6) is 0.696. The Morgan fingerprint density at radius 1 is 1.29 bits per heavy atom. The van der Waals surface area contributed by atoms with Crippen LogP contribution >= 0.6 is 0 Å². The third kappa shape index (κ3) is 3.01. The quantitative estimate of drug-likeness (QED) is 0.676. The largest absolute Gasteiger partial charge is 0.394 e. The first-order chi connectivity index (χ1) is 8.22. The fourth-order valence-electron chi connectivity index (χ4n) is 2.98. The van der Waals surface area contributed by atoms with Gasteiger partial charge in [-0.15, -0.1) is 0 Å². The van der Waals surface area contributed by atoms with Crippen LogP contribution < -0.4 is 5.32 Å². The van der Waals surface area contributed by atoms with Crippen molar-refractivity contribution in [2.24, 2.45) is 5.92 Å². The second-order valence-electron chi connectivity index (χ2n) is 6.02. The molecule has 0 aromatic rings. The van der Waals surface area contributed by atoms with Gasteiger partial charge in [0.25, 0.3) is 0 Å². The minimum absolute atomic E-state index is 0.0274. The lowest BCUT2D eigenvalue weighted by atomic mass is 9.88. The second kappa shape index (κ2) is 5.68. The number of likely N-dealkylation sites (N-methyl/N-ethyl adjacent to an activating group) is 1. The van der Waals surface area contributed by atoms with Gasteiger partial charge >= 0.3 is 0 Å². The zero-order chi connectivity index (χ0) is 12.3. The highest BCUT2D eigenvalue weighted by atomic mass is 16.3. The summed E-state index contributed by atoms with van der Waals surface area (Å²) in [6, 6.07) is 0.767. The summed E-state index contributed by atoms with van der Waals surface area (Å²) >= 11 is 0. The van der Waals surface area contributed by atoms with Crippen molar-refractivity contribution in [3.63, 3.8) is 0 Å². The van der Waals surface area contributed by atoms with Gasteiger partial charge in [-0.2, -0.15) is 0 Å². The van der Waals surface area contributed by atoms with Gasteiger partial charge in [0, 0.05) is 12.6 Å². The van der Waals surface area contributed by atoms with Gasteiger partial charge in [0.1, 0.15) is 0 Å². The van der Waals surface area contributed by atoms with Gasteiger partial charge in [0.2, 0.25) is 0 Å². The molecule has 0 bridgehead atoms. The van der Waals surface area contributed by atoms with Crippen molar-refractivity contribution >= 4 is 0 Å². The third-order valence-electron chi connectivity index (χ3n) is 4.60. The maximum atomic E-state index is 9.85. The maximum absolute atomic E-state index is 9.85. The molecule has 3 nitrogen and oxygen atoms in total. The van der Waals surface area contributed by atoms with E-state index < -0.39 is 0 Å². The maximum Gasteiger partial charge on any atom is 0.0628 e. The van der Waals surface area contributed by atoms with Gasteiger partial charge in [-0.3, -0.25) is 0 Å². The highest BCUT2D eigenvalue weighted by Gasteiger charge is 2.45. The molecule has 0 aliphatic heterocycles. The SMILES string of the molecule is CCCNC(CO)(CN(C)C1CCC1)C1CC1. The Balaban J connectivity index is 1.92. The summed E-state index contributed by atoms with van der Waals surface area (Å²) in [6.45, 7) is 4.51. The van der Waals surface area contributed by atoms with Gasteiger partial charge in [-0.25, -0.2) is 0 Å². The van der Waals surface area contributed by atoms with Crippen molar-refractivity contribution in [2.45, 2.75) is 57.0 Å². The summed E-state index contributed by atoms with van der Waals surface area (Å²) < 4.78 is 0. The van der Waals surface area contributed by atoms with Crippen LogP contribution in [-0.4, -0.2) is 48.3 Å². The van der Waals surface area contributed by atoms with E-state index in [-0.39, 0.29) is 12.1 Å². The van der Waals surface area contributed by atoms with Gasteiger partial charge in [-0.05, 0) is 51.6 Å². The zero-order valence-corrected chi connectivity index (χ0v) is 11.4. The van der Waals surface area contributed by atoms with Crippen molar-refractivity contribution in [2.75, 3.05) is 26.7 Å². The molecule has 2 saturated carbocycles. The number of aliphatic hydroxyl groups is 1. The average Bonchev–Trinajstić information content (AvgIpc) is 3.05. The average molecular weight is 240 g/mol. The fourth-order valence-corrected chi connectivity index (χ4v) is 2.98. The van der Waals surface area contributed by atoms with Crippen LogP contribution in [0.3, 0.4) is 0 Å². The number of nitrogens with zero attached hydrogens (tertiary/aromatic N) is 1. The molecule has 2 aliphatic rings. The van der Waals surface area contributed by atoms with Crippen LogP contribution in [0.4, 0.5) is 0 Å². The monoisotopic (exact) mass is 240 g/mol. The summed E-state index contributed by atoms with van der Waals surface area (Å²) in [5, 5.41) is 13.5. The standard InChI is InChI=1S/C14H28N2O/c1-3-9-15-14(11-17,12-7-8-12)10-16(2)13-5-4-6-13/h12-13,15,17H,3-11H2,1-2H3. The Bertz CT molecular complexity index is 238. The second-order valence-corrected chi connectivity index (χ2v) is 6.02. The molecule has 1 atom stereocenters. The van der Waals surface area contributed by atoms with E-state index in [1.807, 2.05) is 0 Å². The molecule has 0 radical (unpaired) electrons. The van der Waals surface area contributed by atoms with Crippen molar-refractivity contribution in [1.82, 2.24) is 10.2 Å². The van der Waals surface area contributed by atoms with E-state index in [0.29, 0.717) is 5.92 Å². The summed E-state index contributed by atoms with van der Waals surface area (Å²) in [4.78, 5) is 2.47. The topological polar surface area (TPSA) is 35.5 Å². The van der Waals surface area contributed by atoms with E-state index in [9.17, 15) is 5.11 Å². The van der Waals surface area contributed by atoms with Crippen molar-refractivity contribution < 1.29 is 5.11 Å². The van der Waals surface area contributed by atoms with Crippen LogP contribution in [0.5, 0.6) is 0 Å². The van der Waals surface area contributed by atoms with Crippen molar-refractivity contribution in [1.29, 1.82) is 0 Å². The molecule has 0 amide bonds. The molecule has 0 saturated heterocycles. The lowest BCUT2D eigenvalue weighted by molar-refractivity contribution is 0.0632. The Kier molecular flexibility index (Phi) is 4.45. The first kappa shape index (κ1) is 13.3. The van der Waals surface area contributed by atoms with Crippen LogP contribution in [0.1, 0.15) is 45.4 Å². The number of hydrogen-bond acceptors (Lipinski definition) is 3. The van der Waals surface area contributed by atoms with Crippen LogP contribution in [0, 0.1) is 5.92 Å². The van der Waals surface area contributed by atoms with Crippen LogP contribution in [0.25, 0.3) is 0 Å². The number of hydrogen-bond donors (Lipinski definition) is 2. The molecule has 2 rings (SSSR count). The minimum Gasteiger partial charge on any atom is -0.394 e. The minimum atomic E-state index is -0.0274. The van der Waals surface area contributed by atoms with Crippen LogP contribution in [0.2, 0.25) is 0 Å². The van der Waals surface area contributed by atoms with Gasteiger partial charge in [0.05, 0.1) is 12.1 Å². The van der Waals surface area contributed by atoms with Crippen molar-refractivity contribution in [3.8, 4) is 0 Å². The van der Waals surface area contributed by atoms with E-state index in [1.54, 1.807) is 0 Å². The molecule has 2 N–H and O–H groups in total. The number of rotatable bonds is 8. The summed E-state index contributed by atoms with van der Waals surface area (Å²) in [5.41, 5.74) is -0.0274. The van der Waals surface area contributed by atoms with E-state index >= 15 is 0 Å². The molecular formula is C14H28N2O. The smallest absolute Gasteiger partial charge is 0.0628 e. The van der Waals surface area contributed by atoms with E-state index in [4.69, 9.17) is 0 Å². The predicted octanol–water partition coefficient (Wildman–Crippen LogP) is 1.61. The molecule has 0 aromatic heterocycles. The molecule has 0 heterocycles. The molecule has 2 aliphatic carbocycles. The Morgan fingerprint density at radius 3 is 2.41 bits per heavy atom. The number of nitrogens with one attached hydrogen (secondary N) is 1. The van der Waals surface area contributed by atoms with Crippen LogP contribution in [0.15, 0.2) is 0 Å². The summed E-state index contributed by atoms with van der Waals surface area (Å²) in [6.07, 6.45) is 7.78. The Labute approximate surface area is 106 Å².